The van der Waals surface area contributed by atoms with Crippen LogP contribution in [0.2, 0.25) is 0 Å². The molecular weight excluding hydrogens is 150 g/mol. The van der Waals surface area contributed by atoms with Gasteiger partial charge in [0.05, 0.1) is 18.6 Å². The van der Waals surface area contributed by atoms with Gasteiger partial charge < -0.3 is 4.74 Å². The Balaban J connectivity index is 2.29. The number of hydrogen-bond acceptors (Lipinski definition) is 2. The molecule has 1 fully saturated rings. The Morgan fingerprint density at radius 2 is 2.17 bits per heavy atom. The van der Waals surface area contributed by atoms with E-state index >= 15 is 0 Å². The first kappa shape index (κ1) is 9.54. The molecule has 0 amide bonds. The van der Waals surface area contributed by atoms with Crippen LogP contribution in [-0.4, -0.2) is 13.2 Å². The molecule has 2 heteroatoms. The molecule has 0 unspecified atom stereocenters. The van der Waals surface area contributed by atoms with Crippen molar-refractivity contribution in [2.24, 2.45) is 11.8 Å². The zero-order valence-electron chi connectivity index (χ0n) is 7.75. The van der Waals surface area contributed by atoms with E-state index in [9.17, 15) is 0 Å². The van der Waals surface area contributed by atoms with Crippen LogP contribution in [0.25, 0.3) is 0 Å². The van der Waals surface area contributed by atoms with Gasteiger partial charge in [0.25, 0.3) is 0 Å². The van der Waals surface area contributed by atoms with Gasteiger partial charge in [-0.25, -0.2) is 0 Å². The van der Waals surface area contributed by atoms with Gasteiger partial charge in [0.2, 0.25) is 0 Å². The van der Waals surface area contributed by atoms with Crippen LogP contribution in [0.4, 0.5) is 0 Å². The third-order valence-corrected chi connectivity index (χ3v) is 2.64. The topological polar surface area (TPSA) is 33.0 Å². The van der Waals surface area contributed by atoms with E-state index in [-0.39, 0.29) is 5.92 Å². The summed E-state index contributed by atoms with van der Waals surface area (Å²) in [6.07, 6.45) is 5.06. The van der Waals surface area contributed by atoms with Crippen molar-refractivity contribution >= 4 is 0 Å². The Bertz CT molecular complexity index is 156. The van der Waals surface area contributed by atoms with Gasteiger partial charge in [0.15, 0.2) is 0 Å². The molecule has 0 spiro atoms. The van der Waals surface area contributed by atoms with Crippen molar-refractivity contribution < 1.29 is 4.74 Å². The van der Waals surface area contributed by atoms with Crippen molar-refractivity contribution in [1.29, 1.82) is 5.26 Å². The lowest BCUT2D eigenvalue weighted by Gasteiger charge is -2.15. The Labute approximate surface area is 74.5 Å². The molecular formula is C10H17NO. The van der Waals surface area contributed by atoms with Crippen molar-refractivity contribution in [2.45, 2.75) is 32.6 Å². The van der Waals surface area contributed by atoms with Gasteiger partial charge in [-0.2, -0.15) is 5.26 Å². The minimum absolute atomic E-state index is 0.146. The standard InChI is InChI=1S/C10H17NO/c1-2-12-8-10(7-11)9-5-3-4-6-9/h9-10H,2-6,8H2,1H3/t10-/m1/s1. The molecule has 0 aromatic carbocycles. The largest absolute Gasteiger partial charge is 0.380 e. The average Bonchev–Trinajstić information content (AvgIpc) is 2.59. The molecule has 0 aliphatic heterocycles. The van der Waals surface area contributed by atoms with E-state index in [0.29, 0.717) is 12.5 Å². The zero-order valence-corrected chi connectivity index (χ0v) is 7.75. The normalized spacial score (nSPS) is 20.7. The van der Waals surface area contributed by atoms with Crippen molar-refractivity contribution in [2.75, 3.05) is 13.2 Å². The molecule has 1 aliphatic rings. The monoisotopic (exact) mass is 167 g/mol. The molecule has 1 saturated carbocycles. The zero-order chi connectivity index (χ0) is 8.81. The molecule has 0 saturated heterocycles. The molecule has 1 atom stereocenters. The first-order chi connectivity index (χ1) is 5.88. The van der Waals surface area contributed by atoms with Crippen LogP contribution in [0.3, 0.4) is 0 Å². The van der Waals surface area contributed by atoms with Crippen molar-refractivity contribution in [3.63, 3.8) is 0 Å². The summed E-state index contributed by atoms with van der Waals surface area (Å²) in [5, 5.41) is 8.88. The summed E-state index contributed by atoms with van der Waals surface area (Å²) in [6, 6.07) is 2.35. The summed E-state index contributed by atoms with van der Waals surface area (Å²) in [5.74, 6) is 0.758. The summed E-state index contributed by atoms with van der Waals surface area (Å²) in [5.41, 5.74) is 0. The summed E-state index contributed by atoms with van der Waals surface area (Å²) in [6.45, 7) is 3.34. The van der Waals surface area contributed by atoms with E-state index in [4.69, 9.17) is 10.00 Å². The second-order valence-corrected chi connectivity index (χ2v) is 3.44. The van der Waals surface area contributed by atoms with Gasteiger partial charge in [-0.3, -0.25) is 0 Å². The molecule has 2 nitrogen and oxygen atoms in total. The molecule has 12 heavy (non-hydrogen) atoms. The van der Waals surface area contributed by atoms with E-state index < -0.39 is 0 Å². The lowest BCUT2D eigenvalue weighted by Crippen LogP contribution is -2.16. The minimum atomic E-state index is 0.146. The Morgan fingerprint density at radius 1 is 1.50 bits per heavy atom. The number of ether oxygens (including phenoxy) is 1. The number of nitriles is 1. The number of rotatable bonds is 4. The number of hydrogen-bond donors (Lipinski definition) is 0. The third-order valence-electron chi connectivity index (χ3n) is 2.64. The Hall–Kier alpha value is -0.550. The fourth-order valence-electron chi connectivity index (χ4n) is 1.88. The summed E-state index contributed by atoms with van der Waals surface area (Å²) < 4.78 is 5.28. The summed E-state index contributed by atoms with van der Waals surface area (Å²) >= 11 is 0. The van der Waals surface area contributed by atoms with Gasteiger partial charge in [-0.05, 0) is 25.7 Å². The summed E-state index contributed by atoms with van der Waals surface area (Å²) in [7, 11) is 0. The average molecular weight is 167 g/mol. The van der Waals surface area contributed by atoms with Gasteiger partial charge in [-0.1, -0.05) is 12.8 Å². The summed E-state index contributed by atoms with van der Waals surface area (Å²) in [4.78, 5) is 0. The highest BCUT2D eigenvalue weighted by Crippen LogP contribution is 2.31. The maximum absolute atomic E-state index is 8.88. The van der Waals surface area contributed by atoms with Crippen LogP contribution >= 0.6 is 0 Å². The maximum atomic E-state index is 8.88. The Kier molecular flexibility index (Phi) is 4.10. The predicted molar refractivity (Wildman–Crippen MR) is 47.6 cm³/mol. The number of nitrogens with zero attached hydrogens (tertiary/aromatic N) is 1. The second-order valence-electron chi connectivity index (χ2n) is 3.44. The van der Waals surface area contributed by atoms with Crippen molar-refractivity contribution in [1.82, 2.24) is 0 Å². The molecule has 1 aliphatic carbocycles. The highest BCUT2D eigenvalue weighted by Gasteiger charge is 2.24. The second kappa shape index (κ2) is 5.16. The molecule has 68 valence electrons. The quantitative estimate of drug-likeness (QED) is 0.644. The van der Waals surface area contributed by atoms with E-state index in [1.807, 2.05) is 6.92 Å². The SMILES string of the molecule is CCOC[C@@H](C#N)C1CCCC1. The fourth-order valence-corrected chi connectivity index (χ4v) is 1.88. The van der Waals surface area contributed by atoms with Gasteiger partial charge in [-0.15, -0.1) is 0 Å². The van der Waals surface area contributed by atoms with Gasteiger partial charge >= 0.3 is 0 Å². The predicted octanol–water partition coefficient (Wildman–Crippen LogP) is 2.35. The molecule has 1 rings (SSSR count). The highest BCUT2D eigenvalue weighted by molar-refractivity contribution is 4.90. The molecule has 0 aromatic rings. The smallest absolute Gasteiger partial charge is 0.0725 e. The Morgan fingerprint density at radius 3 is 2.67 bits per heavy atom. The van der Waals surface area contributed by atoms with Crippen LogP contribution < -0.4 is 0 Å². The minimum Gasteiger partial charge on any atom is -0.380 e. The molecule has 0 bridgehead atoms. The van der Waals surface area contributed by atoms with Crippen LogP contribution in [-0.2, 0) is 4.74 Å². The fraction of sp³-hybridized carbons (Fsp3) is 0.900. The molecule has 0 radical (unpaired) electrons. The molecule has 0 N–H and O–H groups in total. The van der Waals surface area contributed by atoms with Crippen molar-refractivity contribution in [3.8, 4) is 6.07 Å². The lowest BCUT2D eigenvalue weighted by atomic mass is 9.93. The van der Waals surface area contributed by atoms with Crippen LogP contribution in [0.1, 0.15) is 32.6 Å². The third kappa shape index (κ3) is 2.49. The van der Waals surface area contributed by atoms with Crippen LogP contribution in [0.5, 0.6) is 0 Å². The highest BCUT2D eigenvalue weighted by atomic mass is 16.5. The maximum Gasteiger partial charge on any atom is 0.0725 e. The van der Waals surface area contributed by atoms with Gasteiger partial charge in [0.1, 0.15) is 0 Å². The molecule has 0 aromatic heterocycles. The first-order valence-corrected chi connectivity index (χ1v) is 4.85. The van der Waals surface area contributed by atoms with Crippen LogP contribution in [0.15, 0.2) is 0 Å². The van der Waals surface area contributed by atoms with Crippen molar-refractivity contribution in [3.05, 3.63) is 0 Å². The van der Waals surface area contributed by atoms with Crippen LogP contribution in [0, 0.1) is 23.2 Å². The van der Waals surface area contributed by atoms with E-state index in [1.165, 1.54) is 25.7 Å². The first-order valence-electron chi connectivity index (χ1n) is 4.85. The van der Waals surface area contributed by atoms with E-state index in [0.717, 1.165) is 6.61 Å². The lowest BCUT2D eigenvalue weighted by molar-refractivity contribution is 0.108. The van der Waals surface area contributed by atoms with E-state index in [2.05, 4.69) is 6.07 Å². The van der Waals surface area contributed by atoms with E-state index in [1.54, 1.807) is 0 Å². The van der Waals surface area contributed by atoms with Gasteiger partial charge in [0, 0.05) is 6.61 Å². The molecule has 0 heterocycles.